The first-order valence-corrected chi connectivity index (χ1v) is 10.6. The highest BCUT2D eigenvalue weighted by Gasteiger charge is 2.38. The van der Waals surface area contributed by atoms with Gasteiger partial charge in [0.2, 0.25) is 5.91 Å². The number of thioether (sulfide) groups is 1. The lowest BCUT2D eigenvalue weighted by molar-refractivity contribution is -0.129. The van der Waals surface area contributed by atoms with Crippen LogP contribution < -0.4 is 9.64 Å². The third-order valence-corrected chi connectivity index (χ3v) is 6.96. The predicted molar refractivity (Wildman–Crippen MR) is 116 cm³/mol. The Morgan fingerprint density at radius 2 is 2.00 bits per heavy atom. The smallest absolute Gasteiger partial charge is 0.229 e. The number of methoxy groups -OCH3 is 1. The number of rotatable bonds is 3. The summed E-state index contributed by atoms with van der Waals surface area (Å²) in [6.07, 6.45) is 0.279. The molecule has 1 atom stereocenters. The summed E-state index contributed by atoms with van der Waals surface area (Å²) in [5.74, 6) is 1.21. The maximum atomic E-state index is 13.0. The van der Waals surface area contributed by atoms with Gasteiger partial charge in [0.05, 0.1) is 36.3 Å². The molecule has 29 heavy (non-hydrogen) atoms. The minimum Gasteiger partial charge on any atom is -0.497 e. The molecule has 1 fully saturated rings. The van der Waals surface area contributed by atoms with E-state index in [0.29, 0.717) is 23.1 Å². The second-order valence-electron chi connectivity index (χ2n) is 7.02. The topological polar surface area (TPSA) is 56.6 Å². The number of hydrogen-bond donors (Lipinski definition) is 0. The highest BCUT2D eigenvalue weighted by atomic mass is 35.5. The molecule has 0 aromatic heterocycles. The Hall–Kier alpha value is -2.62. The first kappa shape index (κ1) is 19.7. The molecule has 0 aliphatic carbocycles. The molecule has 1 amide bonds. The normalized spacial score (nSPS) is 19.1. The summed E-state index contributed by atoms with van der Waals surface area (Å²) < 4.78 is 5.22. The fourth-order valence-corrected chi connectivity index (χ4v) is 5.10. The van der Waals surface area contributed by atoms with E-state index in [-0.39, 0.29) is 18.2 Å². The van der Waals surface area contributed by atoms with E-state index in [0.717, 1.165) is 27.6 Å². The van der Waals surface area contributed by atoms with Gasteiger partial charge in [-0.05, 0) is 42.3 Å². The van der Waals surface area contributed by atoms with Crippen LogP contribution in [0.15, 0.2) is 53.1 Å². The monoisotopic (exact) mass is 425 g/mol. The lowest BCUT2D eigenvalue weighted by Gasteiger charge is -2.42. The minimum absolute atomic E-state index is 0.0247. The van der Waals surface area contributed by atoms with Crippen molar-refractivity contribution < 1.29 is 9.53 Å². The first-order valence-electron chi connectivity index (χ1n) is 9.25. The largest absolute Gasteiger partial charge is 0.497 e. The molecular formula is C22H20ClN3O2S. The number of nitrogens with zero attached hydrogens (tertiary/aromatic N) is 3. The predicted octanol–water partition coefficient (Wildman–Crippen LogP) is 4.88. The van der Waals surface area contributed by atoms with Gasteiger partial charge >= 0.3 is 0 Å². The quantitative estimate of drug-likeness (QED) is 0.701. The van der Waals surface area contributed by atoms with E-state index in [1.807, 2.05) is 49.4 Å². The van der Waals surface area contributed by atoms with Gasteiger partial charge in [-0.25, -0.2) is 0 Å². The average molecular weight is 426 g/mol. The molecule has 1 saturated heterocycles. The SMILES string of the molecule is COc1ccc([C@H]2CC(=O)N3CN(c4cccc(Cl)c4C)CSC3=C2C#N)cc1. The fraction of sp³-hybridized carbons (Fsp3) is 0.273. The van der Waals surface area contributed by atoms with Crippen LogP contribution in [0.4, 0.5) is 5.69 Å². The van der Waals surface area contributed by atoms with Gasteiger partial charge in [-0.1, -0.05) is 41.6 Å². The number of benzene rings is 2. The molecule has 2 aliphatic rings. The molecule has 0 bridgehead atoms. The zero-order chi connectivity index (χ0) is 20.5. The Morgan fingerprint density at radius 1 is 1.24 bits per heavy atom. The van der Waals surface area contributed by atoms with E-state index < -0.39 is 0 Å². The number of allylic oxidation sites excluding steroid dienone is 1. The number of nitriles is 1. The molecule has 0 radical (unpaired) electrons. The van der Waals surface area contributed by atoms with Crippen molar-refractivity contribution in [1.82, 2.24) is 4.90 Å². The summed E-state index contributed by atoms with van der Waals surface area (Å²) in [6.45, 7) is 2.40. The summed E-state index contributed by atoms with van der Waals surface area (Å²) in [6, 6.07) is 15.7. The van der Waals surface area contributed by atoms with Gasteiger partial charge in [-0.2, -0.15) is 5.26 Å². The van der Waals surface area contributed by atoms with Crippen molar-refractivity contribution in [2.24, 2.45) is 0 Å². The van der Waals surface area contributed by atoms with Crippen molar-refractivity contribution in [3.63, 3.8) is 0 Å². The van der Waals surface area contributed by atoms with Gasteiger partial charge in [0.15, 0.2) is 0 Å². The average Bonchev–Trinajstić information content (AvgIpc) is 2.75. The molecule has 0 saturated carbocycles. The van der Waals surface area contributed by atoms with Gasteiger partial charge in [-0.15, -0.1) is 0 Å². The van der Waals surface area contributed by atoms with Crippen molar-refractivity contribution in [1.29, 1.82) is 5.26 Å². The summed E-state index contributed by atoms with van der Waals surface area (Å²) in [5, 5.41) is 11.4. The van der Waals surface area contributed by atoms with Crippen LogP contribution in [0.2, 0.25) is 5.02 Å². The lowest BCUT2D eigenvalue weighted by atomic mass is 9.86. The van der Waals surface area contributed by atoms with E-state index in [1.165, 1.54) is 11.8 Å². The van der Waals surface area contributed by atoms with Crippen LogP contribution in [-0.4, -0.2) is 30.5 Å². The molecule has 2 heterocycles. The van der Waals surface area contributed by atoms with E-state index in [2.05, 4.69) is 11.0 Å². The van der Waals surface area contributed by atoms with Gasteiger partial charge in [0.25, 0.3) is 0 Å². The Labute approximate surface area is 179 Å². The number of anilines is 1. The van der Waals surface area contributed by atoms with Gasteiger partial charge in [0.1, 0.15) is 5.75 Å². The molecule has 2 aromatic rings. The number of carbonyl (C=O) groups is 1. The Kier molecular flexibility index (Phi) is 5.44. The van der Waals surface area contributed by atoms with Crippen LogP contribution in [0, 0.1) is 18.3 Å². The summed E-state index contributed by atoms with van der Waals surface area (Å²) in [7, 11) is 1.62. The third kappa shape index (κ3) is 3.57. The maximum Gasteiger partial charge on any atom is 0.229 e. The number of hydrogen-bond acceptors (Lipinski definition) is 5. The molecule has 0 N–H and O–H groups in total. The van der Waals surface area contributed by atoms with Crippen LogP contribution in [0.5, 0.6) is 5.75 Å². The zero-order valence-corrected chi connectivity index (χ0v) is 17.8. The lowest BCUT2D eigenvalue weighted by Crippen LogP contribution is -2.47. The molecule has 4 rings (SSSR count). The maximum absolute atomic E-state index is 13.0. The summed E-state index contributed by atoms with van der Waals surface area (Å²) in [5.41, 5.74) is 3.61. The number of halogens is 1. The number of fused-ring (bicyclic) bond motifs is 1. The number of carbonyl (C=O) groups excluding carboxylic acids is 1. The molecule has 7 heteroatoms. The molecule has 0 spiro atoms. The molecular weight excluding hydrogens is 406 g/mol. The molecule has 0 unspecified atom stereocenters. The highest BCUT2D eigenvalue weighted by molar-refractivity contribution is 8.03. The number of ether oxygens (including phenoxy) is 1. The first-order chi connectivity index (χ1) is 14.0. The standard InChI is InChI=1S/C22H20ClN3O2S/c1-14-19(23)4-3-5-20(14)25-12-26-21(27)10-17(18(11-24)22(26)29-13-25)15-6-8-16(28-2)9-7-15/h3-9,17H,10,12-13H2,1-2H3/t17-/m1/s1. The van der Waals surface area contributed by atoms with Crippen LogP contribution in [0.25, 0.3) is 0 Å². The van der Waals surface area contributed by atoms with Crippen LogP contribution in [0.3, 0.4) is 0 Å². The molecule has 148 valence electrons. The van der Waals surface area contributed by atoms with E-state index in [4.69, 9.17) is 16.3 Å². The fourth-order valence-electron chi connectivity index (χ4n) is 3.77. The summed E-state index contributed by atoms with van der Waals surface area (Å²) >= 11 is 7.81. The summed E-state index contributed by atoms with van der Waals surface area (Å²) in [4.78, 5) is 16.9. The van der Waals surface area contributed by atoms with Crippen LogP contribution in [-0.2, 0) is 4.79 Å². The third-order valence-electron chi connectivity index (χ3n) is 5.39. The van der Waals surface area contributed by atoms with E-state index >= 15 is 0 Å². The van der Waals surface area contributed by atoms with Crippen molar-refractivity contribution in [2.45, 2.75) is 19.3 Å². The van der Waals surface area contributed by atoms with Crippen molar-refractivity contribution in [3.8, 4) is 11.8 Å². The second-order valence-corrected chi connectivity index (χ2v) is 8.36. The highest BCUT2D eigenvalue weighted by Crippen LogP contribution is 2.44. The second kappa shape index (κ2) is 8.02. The Bertz CT molecular complexity index is 1030. The minimum atomic E-state index is -0.225. The van der Waals surface area contributed by atoms with Crippen molar-refractivity contribution in [2.75, 3.05) is 24.6 Å². The van der Waals surface area contributed by atoms with E-state index in [9.17, 15) is 10.1 Å². The van der Waals surface area contributed by atoms with Gasteiger partial charge in [-0.3, -0.25) is 9.69 Å². The van der Waals surface area contributed by atoms with Crippen LogP contribution >= 0.6 is 23.4 Å². The van der Waals surface area contributed by atoms with Gasteiger partial charge < -0.3 is 9.64 Å². The Balaban J connectivity index is 1.66. The van der Waals surface area contributed by atoms with Crippen molar-refractivity contribution >= 4 is 35.0 Å². The zero-order valence-electron chi connectivity index (χ0n) is 16.2. The Morgan fingerprint density at radius 3 is 2.69 bits per heavy atom. The van der Waals surface area contributed by atoms with Gasteiger partial charge in [0, 0.05) is 23.0 Å². The van der Waals surface area contributed by atoms with Crippen molar-refractivity contribution in [3.05, 3.63) is 69.2 Å². The molecule has 2 aliphatic heterocycles. The van der Waals surface area contributed by atoms with E-state index in [1.54, 1.807) is 12.0 Å². The van der Waals surface area contributed by atoms with Crippen LogP contribution in [0.1, 0.15) is 23.5 Å². The number of amides is 1. The molecule has 2 aromatic carbocycles. The molecule has 5 nitrogen and oxygen atoms in total.